The summed E-state index contributed by atoms with van der Waals surface area (Å²) in [5.74, 6) is 0. The van der Waals surface area contributed by atoms with E-state index in [0.717, 1.165) is 19.5 Å². The summed E-state index contributed by atoms with van der Waals surface area (Å²) in [7, 11) is 0. The molecule has 0 atom stereocenters. The number of rotatable bonds is 5. The van der Waals surface area contributed by atoms with Gasteiger partial charge in [-0.25, -0.2) is 0 Å². The van der Waals surface area contributed by atoms with Crippen molar-refractivity contribution in [2.24, 2.45) is 0 Å². The highest BCUT2D eigenvalue weighted by Gasteiger charge is 1.98. The van der Waals surface area contributed by atoms with Gasteiger partial charge in [0.25, 0.3) is 0 Å². The first-order valence-electron chi connectivity index (χ1n) is 5.55. The lowest BCUT2D eigenvalue weighted by molar-refractivity contribution is 0.699. The summed E-state index contributed by atoms with van der Waals surface area (Å²) >= 11 is 1.89. The molecule has 2 aromatic rings. The van der Waals surface area contributed by atoms with Crippen LogP contribution < -0.4 is 5.32 Å². The fourth-order valence-corrected chi connectivity index (χ4v) is 2.47. The molecule has 2 rings (SSSR count). The van der Waals surface area contributed by atoms with Crippen LogP contribution in [0.25, 0.3) is 0 Å². The summed E-state index contributed by atoms with van der Waals surface area (Å²) in [6.07, 6.45) is 4.84. The SMILES string of the molecule is CCc1ccc(CNCc2cccnc2)s1. The van der Waals surface area contributed by atoms with E-state index >= 15 is 0 Å². The van der Waals surface area contributed by atoms with E-state index < -0.39 is 0 Å². The Kier molecular flexibility index (Phi) is 4.08. The van der Waals surface area contributed by atoms with E-state index in [2.05, 4.69) is 35.4 Å². The van der Waals surface area contributed by atoms with E-state index in [-0.39, 0.29) is 0 Å². The first kappa shape index (κ1) is 11.3. The third-order valence-corrected chi connectivity index (χ3v) is 3.65. The van der Waals surface area contributed by atoms with Crippen LogP contribution >= 0.6 is 11.3 Å². The van der Waals surface area contributed by atoms with Crippen LogP contribution in [-0.4, -0.2) is 4.98 Å². The molecule has 3 heteroatoms. The van der Waals surface area contributed by atoms with Crippen molar-refractivity contribution in [3.63, 3.8) is 0 Å². The molecule has 0 aliphatic heterocycles. The van der Waals surface area contributed by atoms with E-state index in [1.54, 1.807) is 6.20 Å². The zero-order chi connectivity index (χ0) is 11.2. The maximum atomic E-state index is 4.09. The van der Waals surface area contributed by atoms with Crippen LogP contribution in [0, 0.1) is 0 Å². The normalized spacial score (nSPS) is 10.6. The van der Waals surface area contributed by atoms with Gasteiger partial charge < -0.3 is 5.32 Å². The Morgan fingerprint density at radius 2 is 2.06 bits per heavy atom. The van der Waals surface area contributed by atoms with Gasteiger partial charge in [0.1, 0.15) is 0 Å². The largest absolute Gasteiger partial charge is 0.308 e. The lowest BCUT2D eigenvalue weighted by Gasteiger charge is -2.02. The van der Waals surface area contributed by atoms with E-state index in [1.165, 1.54) is 15.3 Å². The minimum absolute atomic E-state index is 0.882. The van der Waals surface area contributed by atoms with Crippen LogP contribution in [0.4, 0.5) is 0 Å². The highest BCUT2D eigenvalue weighted by molar-refractivity contribution is 7.11. The molecule has 0 aliphatic rings. The minimum Gasteiger partial charge on any atom is -0.308 e. The molecule has 0 aliphatic carbocycles. The topological polar surface area (TPSA) is 24.9 Å². The van der Waals surface area contributed by atoms with Gasteiger partial charge >= 0.3 is 0 Å². The molecule has 2 aromatic heterocycles. The Balaban J connectivity index is 1.80. The predicted molar refractivity (Wildman–Crippen MR) is 68.5 cm³/mol. The monoisotopic (exact) mass is 232 g/mol. The average molecular weight is 232 g/mol. The zero-order valence-corrected chi connectivity index (χ0v) is 10.3. The van der Waals surface area contributed by atoms with E-state index in [9.17, 15) is 0 Å². The Bertz CT molecular complexity index is 423. The lowest BCUT2D eigenvalue weighted by atomic mass is 10.3. The maximum absolute atomic E-state index is 4.09. The van der Waals surface area contributed by atoms with E-state index in [1.807, 2.05) is 23.6 Å². The maximum Gasteiger partial charge on any atom is 0.0312 e. The second-order valence-electron chi connectivity index (χ2n) is 3.69. The van der Waals surface area contributed by atoms with Gasteiger partial charge in [0, 0.05) is 35.2 Å². The number of pyridine rings is 1. The molecule has 2 nitrogen and oxygen atoms in total. The molecule has 0 saturated carbocycles. The first-order chi connectivity index (χ1) is 7.88. The summed E-state index contributed by atoms with van der Waals surface area (Å²) < 4.78 is 0. The molecule has 0 fully saturated rings. The smallest absolute Gasteiger partial charge is 0.0312 e. The Hall–Kier alpha value is -1.19. The molecule has 0 unspecified atom stereocenters. The zero-order valence-electron chi connectivity index (χ0n) is 9.44. The molecule has 84 valence electrons. The van der Waals surface area contributed by atoms with Crippen molar-refractivity contribution < 1.29 is 0 Å². The van der Waals surface area contributed by atoms with Crippen molar-refractivity contribution in [1.82, 2.24) is 10.3 Å². The van der Waals surface area contributed by atoms with Crippen molar-refractivity contribution in [3.05, 3.63) is 52.0 Å². The van der Waals surface area contributed by atoms with Crippen LogP contribution in [0.1, 0.15) is 22.2 Å². The summed E-state index contributed by atoms with van der Waals surface area (Å²) in [5.41, 5.74) is 1.23. The Morgan fingerprint density at radius 3 is 2.75 bits per heavy atom. The molecule has 16 heavy (non-hydrogen) atoms. The number of nitrogens with one attached hydrogen (secondary N) is 1. The number of hydrogen-bond donors (Lipinski definition) is 1. The third kappa shape index (κ3) is 3.15. The molecule has 1 N–H and O–H groups in total. The molecule has 0 bridgehead atoms. The van der Waals surface area contributed by atoms with Gasteiger partial charge in [-0.3, -0.25) is 4.98 Å². The summed E-state index contributed by atoms with van der Waals surface area (Å²) in [6, 6.07) is 8.48. The molecular formula is C13H16N2S. The summed E-state index contributed by atoms with van der Waals surface area (Å²) in [6.45, 7) is 4.02. The van der Waals surface area contributed by atoms with E-state index in [4.69, 9.17) is 0 Å². The second-order valence-corrected chi connectivity index (χ2v) is 4.94. The Labute approximate surface area is 100 Å². The highest BCUT2D eigenvalue weighted by Crippen LogP contribution is 2.16. The van der Waals surface area contributed by atoms with Crippen molar-refractivity contribution in [2.75, 3.05) is 0 Å². The highest BCUT2D eigenvalue weighted by atomic mass is 32.1. The number of hydrogen-bond acceptors (Lipinski definition) is 3. The minimum atomic E-state index is 0.882. The second kappa shape index (κ2) is 5.77. The first-order valence-corrected chi connectivity index (χ1v) is 6.37. The van der Waals surface area contributed by atoms with Gasteiger partial charge in [0.15, 0.2) is 0 Å². The van der Waals surface area contributed by atoms with Gasteiger partial charge in [-0.2, -0.15) is 0 Å². The number of nitrogens with zero attached hydrogens (tertiary/aromatic N) is 1. The van der Waals surface area contributed by atoms with Crippen LogP contribution in [0.15, 0.2) is 36.7 Å². The quantitative estimate of drug-likeness (QED) is 0.857. The van der Waals surface area contributed by atoms with Gasteiger partial charge in [-0.15, -0.1) is 11.3 Å². The number of aryl methyl sites for hydroxylation is 1. The van der Waals surface area contributed by atoms with Crippen LogP contribution in [0.2, 0.25) is 0 Å². The van der Waals surface area contributed by atoms with Crippen LogP contribution in [0.5, 0.6) is 0 Å². The van der Waals surface area contributed by atoms with E-state index in [0.29, 0.717) is 0 Å². The average Bonchev–Trinajstić information content (AvgIpc) is 2.78. The molecule has 0 amide bonds. The van der Waals surface area contributed by atoms with Gasteiger partial charge in [0.2, 0.25) is 0 Å². The van der Waals surface area contributed by atoms with Crippen LogP contribution in [0.3, 0.4) is 0 Å². The molecule has 0 saturated heterocycles. The van der Waals surface area contributed by atoms with Crippen molar-refractivity contribution in [1.29, 1.82) is 0 Å². The molecular weight excluding hydrogens is 216 g/mol. The van der Waals surface area contributed by atoms with Gasteiger partial charge in [-0.1, -0.05) is 13.0 Å². The van der Waals surface area contributed by atoms with Gasteiger partial charge in [0.05, 0.1) is 0 Å². The molecule has 2 heterocycles. The standard InChI is InChI=1S/C13H16N2S/c1-2-12-5-6-13(16-12)10-15-9-11-4-3-7-14-8-11/h3-8,15H,2,9-10H2,1H3. The van der Waals surface area contributed by atoms with Crippen molar-refractivity contribution in [2.45, 2.75) is 26.4 Å². The number of aromatic nitrogens is 1. The molecule has 0 spiro atoms. The third-order valence-electron chi connectivity index (χ3n) is 2.42. The van der Waals surface area contributed by atoms with Crippen molar-refractivity contribution >= 4 is 11.3 Å². The molecule has 0 radical (unpaired) electrons. The van der Waals surface area contributed by atoms with Crippen LogP contribution in [-0.2, 0) is 19.5 Å². The molecule has 0 aromatic carbocycles. The fourth-order valence-electron chi connectivity index (χ4n) is 1.54. The van der Waals surface area contributed by atoms with Gasteiger partial charge in [-0.05, 0) is 30.2 Å². The summed E-state index contributed by atoms with van der Waals surface area (Å²) in [4.78, 5) is 6.95. The lowest BCUT2D eigenvalue weighted by Crippen LogP contribution is -2.11. The summed E-state index contributed by atoms with van der Waals surface area (Å²) in [5, 5.41) is 3.43. The Morgan fingerprint density at radius 1 is 1.19 bits per heavy atom. The predicted octanol–water partition coefficient (Wildman–Crippen LogP) is 3.00. The number of thiophene rings is 1. The van der Waals surface area contributed by atoms with Crippen molar-refractivity contribution in [3.8, 4) is 0 Å². The fraction of sp³-hybridized carbons (Fsp3) is 0.308.